The zero-order chi connectivity index (χ0) is 14.2. The van der Waals surface area contributed by atoms with E-state index in [-0.39, 0.29) is 12.0 Å². The molecule has 1 aliphatic rings. The lowest BCUT2D eigenvalue weighted by molar-refractivity contribution is 0.0406. The molecule has 1 saturated heterocycles. The molecule has 20 heavy (non-hydrogen) atoms. The fourth-order valence-corrected chi connectivity index (χ4v) is 2.50. The second kappa shape index (κ2) is 5.07. The molecule has 1 atom stereocenters. The number of anilines is 1. The van der Waals surface area contributed by atoms with Crippen molar-refractivity contribution in [3.63, 3.8) is 0 Å². The van der Waals surface area contributed by atoms with E-state index in [1.165, 1.54) is 0 Å². The fourth-order valence-electron chi connectivity index (χ4n) is 2.50. The molecule has 1 aromatic carbocycles. The quantitative estimate of drug-likeness (QED) is 0.908. The number of aliphatic hydroxyl groups is 1. The van der Waals surface area contributed by atoms with Crippen LogP contribution in [-0.2, 0) is 4.74 Å². The molecule has 5 nitrogen and oxygen atoms in total. The highest BCUT2D eigenvalue weighted by Gasteiger charge is 2.31. The Kier molecular flexibility index (Phi) is 3.40. The summed E-state index contributed by atoms with van der Waals surface area (Å²) >= 11 is 0. The minimum Gasteiger partial charge on any atom is -0.423 e. The lowest BCUT2D eigenvalue weighted by Crippen LogP contribution is -2.39. The number of nitrogens with zero attached hydrogens (tertiary/aromatic N) is 2. The van der Waals surface area contributed by atoms with Gasteiger partial charge in [0.05, 0.1) is 19.8 Å². The van der Waals surface area contributed by atoms with Gasteiger partial charge in [-0.15, -0.1) is 0 Å². The van der Waals surface area contributed by atoms with Gasteiger partial charge in [0.15, 0.2) is 5.58 Å². The Balaban J connectivity index is 1.92. The topological polar surface area (TPSA) is 58.7 Å². The van der Waals surface area contributed by atoms with Crippen molar-refractivity contribution >= 4 is 17.1 Å². The van der Waals surface area contributed by atoms with Crippen molar-refractivity contribution in [2.24, 2.45) is 5.41 Å². The molecule has 2 aromatic rings. The summed E-state index contributed by atoms with van der Waals surface area (Å²) in [4.78, 5) is 6.61. The minimum absolute atomic E-state index is 0.0861. The molecule has 3 rings (SSSR count). The zero-order valence-corrected chi connectivity index (χ0v) is 11.9. The molecule has 1 aromatic heterocycles. The average molecular weight is 276 g/mol. The summed E-state index contributed by atoms with van der Waals surface area (Å²) < 4.78 is 11.4. The van der Waals surface area contributed by atoms with Crippen LogP contribution in [0.25, 0.3) is 11.1 Å². The van der Waals surface area contributed by atoms with Crippen molar-refractivity contribution in [3.05, 3.63) is 23.8 Å². The number of benzene rings is 1. The van der Waals surface area contributed by atoms with Crippen LogP contribution < -0.4 is 4.90 Å². The molecule has 108 valence electrons. The number of oxazole rings is 1. The smallest absolute Gasteiger partial charge is 0.298 e. The normalized spacial score (nSPS) is 24.1. The molecule has 1 aliphatic heterocycles. The van der Waals surface area contributed by atoms with Crippen LogP contribution in [0.1, 0.15) is 12.5 Å². The van der Waals surface area contributed by atoms with Gasteiger partial charge in [-0.3, -0.25) is 0 Å². The molecule has 1 N–H and O–H groups in total. The summed E-state index contributed by atoms with van der Waals surface area (Å²) in [5.41, 5.74) is 2.54. The van der Waals surface area contributed by atoms with Gasteiger partial charge in [-0.1, -0.05) is 13.0 Å². The van der Waals surface area contributed by atoms with E-state index < -0.39 is 0 Å². The first-order chi connectivity index (χ1) is 9.59. The second-order valence-electron chi connectivity index (χ2n) is 5.91. The Morgan fingerprint density at radius 2 is 2.30 bits per heavy atom. The summed E-state index contributed by atoms with van der Waals surface area (Å²) in [7, 11) is 0. The van der Waals surface area contributed by atoms with Gasteiger partial charge in [-0.05, 0) is 24.6 Å². The lowest BCUT2D eigenvalue weighted by Gasteiger charge is -2.29. The largest absolute Gasteiger partial charge is 0.423 e. The number of hydrogen-bond acceptors (Lipinski definition) is 5. The molecule has 0 spiro atoms. The Hall–Kier alpha value is -1.59. The highest BCUT2D eigenvalue weighted by molar-refractivity contribution is 5.75. The zero-order valence-electron chi connectivity index (χ0n) is 11.9. The number of aromatic nitrogens is 1. The van der Waals surface area contributed by atoms with Crippen LogP contribution in [0.15, 0.2) is 22.6 Å². The highest BCUT2D eigenvalue weighted by atomic mass is 16.5. The van der Waals surface area contributed by atoms with Crippen molar-refractivity contribution < 1.29 is 14.3 Å². The van der Waals surface area contributed by atoms with E-state index in [1.807, 2.05) is 32.0 Å². The van der Waals surface area contributed by atoms with Gasteiger partial charge in [0.1, 0.15) is 5.52 Å². The summed E-state index contributed by atoms with van der Waals surface area (Å²) in [6.07, 6.45) is 0. The predicted molar refractivity (Wildman–Crippen MR) is 77.0 cm³/mol. The maximum Gasteiger partial charge on any atom is 0.298 e. The molecular weight excluding hydrogens is 256 g/mol. The average Bonchev–Trinajstić information content (AvgIpc) is 2.74. The molecule has 0 radical (unpaired) electrons. The second-order valence-corrected chi connectivity index (χ2v) is 5.91. The molecule has 1 fully saturated rings. The van der Waals surface area contributed by atoms with Crippen molar-refractivity contribution in [2.45, 2.75) is 13.8 Å². The van der Waals surface area contributed by atoms with Crippen molar-refractivity contribution in [1.82, 2.24) is 4.98 Å². The molecule has 0 saturated carbocycles. The first kappa shape index (κ1) is 13.4. The molecule has 5 heteroatoms. The Morgan fingerprint density at radius 1 is 1.45 bits per heavy atom. The van der Waals surface area contributed by atoms with Crippen molar-refractivity contribution in [2.75, 3.05) is 37.8 Å². The highest BCUT2D eigenvalue weighted by Crippen LogP contribution is 2.27. The summed E-state index contributed by atoms with van der Waals surface area (Å²) in [5.74, 6) is 0. The molecule has 0 amide bonds. The van der Waals surface area contributed by atoms with Gasteiger partial charge in [-0.25, -0.2) is 0 Å². The molecule has 1 unspecified atom stereocenters. The Labute approximate surface area is 118 Å². The van der Waals surface area contributed by atoms with Crippen LogP contribution in [0.3, 0.4) is 0 Å². The number of hydrogen-bond donors (Lipinski definition) is 1. The third-order valence-corrected chi connectivity index (χ3v) is 3.71. The monoisotopic (exact) mass is 276 g/mol. The van der Waals surface area contributed by atoms with E-state index in [1.54, 1.807) is 0 Å². The number of aryl methyl sites for hydroxylation is 1. The van der Waals surface area contributed by atoms with Crippen molar-refractivity contribution in [3.8, 4) is 0 Å². The Morgan fingerprint density at radius 3 is 3.10 bits per heavy atom. The van der Waals surface area contributed by atoms with Crippen molar-refractivity contribution in [1.29, 1.82) is 0 Å². The summed E-state index contributed by atoms with van der Waals surface area (Å²) in [6.45, 7) is 6.71. The van der Waals surface area contributed by atoms with Gasteiger partial charge in [0.25, 0.3) is 6.01 Å². The van der Waals surface area contributed by atoms with Crippen LogP contribution in [0.4, 0.5) is 6.01 Å². The number of ether oxygens (including phenoxy) is 1. The maximum atomic E-state index is 9.56. The number of aliphatic hydroxyl groups excluding tert-OH is 1. The van der Waals surface area contributed by atoms with Crippen LogP contribution in [0, 0.1) is 12.3 Å². The predicted octanol–water partition coefficient (Wildman–Crippen LogP) is 1.97. The van der Waals surface area contributed by atoms with Gasteiger partial charge in [0.2, 0.25) is 0 Å². The molecular formula is C15H20N2O3. The van der Waals surface area contributed by atoms with Crippen LogP contribution in [-0.4, -0.2) is 43.0 Å². The van der Waals surface area contributed by atoms with E-state index in [0.29, 0.717) is 25.8 Å². The van der Waals surface area contributed by atoms with Crippen LogP contribution in [0.5, 0.6) is 0 Å². The summed E-state index contributed by atoms with van der Waals surface area (Å²) in [6, 6.07) is 6.58. The van der Waals surface area contributed by atoms with Gasteiger partial charge in [-0.2, -0.15) is 4.98 Å². The third kappa shape index (κ3) is 2.51. The number of rotatable bonds is 2. The third-order valence-electron chi connectivity index (χ3n) is 3.71. The molecule has 0 bridgehead atoms. The maximum absolute atomic E-state index is 9.56. The minimum atomic E-state index is -0.285. The van der Waals surface area contributed by atoms with E-state index >= 15 is 0 Å². The number of fused-ring (bicyclic) bond motifs is 1. The first-order valence-electron chi connectivity index (χ1n) is 6.90. The Bertz CT molecular complexity index is 610. The van der Waals surface area contributed by atoms with E-state index in [9.17, 15) is 5.11 Å². The van der Waals surface area contributed by atoms with Gasteiger partial charge >= 0.3 is 0 Å². The van der Waals surface area contributed by atoms with E-state index in [4.69, 9.17) is 9.15 Å². The molecule has 0 aliphatic carbocycles. The molecule has 2 heterocycles. The van der Waals surface area contributed by atoms with E-state index in [2.05, 4.69) is 9.88 Å². The first-order valence-corrected chi connectivity index (χ1v) is 6.90. The SMILES string of the molecule is Cc1ccc2oc(N3CCOCC(C)(CO)C3)nc2c1. The summed E-state index contributed by atoms with van der Waals surface area (Å²) in [5, 5.41) is 9.56. The van der Waals surface area contributed by atoms with E-state index in [0.717, 1.165) is 23.2 Å². The fraction of sp³-hybridized carbons (Fsp3) is 0.533. The van der Waals surface area contributed by atoms with Crippen LogP contribution in [0.2, 0.25) is 0 Å². The van der Waals surface area contributed by atoms with Gasteiger partial charge in [0, 0.05) is 18.5 Å². The van der Waals surface area contributed by atoms with Crippen LogP contribution >= 0.6 is 0 Å². The lowest BCUT2D eigenvalue weighted by atomic mass is 9.93. The standard InChI is InChI=1S/C15H20N2O3/c1-11-3-4-13-12(7-11)16-14(20-13)17-5-6-19-10-15(2,8-17)9-18/h3-4,7,18H,5-6,8-10H2,1-2H3. The van der Waals surface area contributed by atoms with Gasteiger partial charge < -0.3 is 19.2 Å².